The van der Waals surface area contributed by atoms with Crippen LogP contribution < -0.4 is 15.8 Å². The molecule has 1 unspecified atom stereocenters. The number of ketones is 1. The minimum absolute atomic E-state index is 0.0426. The van der Waals surface area contributed by atoms with Crippen molar-refractivity contribution in [1.29, 1.82) is 5.41 Å². The third kappa shape index (κ3) is 7.72. The van der Waals surface area contributed by atoms with Gasteiger partial charge in [0.15, 0.2) is 0 Å². The van der Waals surface area contributed by atoms with Crippen LogP contribution in [0.3, 0.4) is 0 Å². The molecule has 1 atom stereocenters. The van der Waals surface area contributed by atoms with Crippen molar-refractivity contribution in [2.75, 3.05) is 6.61 Å². The highest BCUT2D eigenvalue weighted by molar-refractivity contribution is 6.33. The summed E-state index contributed by atoms with van der Waals surface area (Å²) in [6.45, 7) is -0.182. The van der Waals surface area contributed by atoms with Crippen molar-refractivity contribution in [2.45, 2.75) is 25.3 Å². The first-order valence-electron chi connectivity index (χ1n) is 11.5. The number of aliphatic carboxylic acids is 2. The van der Waals surface area contributed by atoms with Crippen LogP contribution in [-0.2, 0) is 20.8 Å². The van der Waals surface area contributed by atoms with Gasteiger partial charge in [0.1, 0.15) is 18.2 Å². The highest BCUT2D eigenvalue weighted by Crippen LogP contribution is 2.23. The Morgan fingerprint density at radius 1 is 0.974 bits per heavy atom. The van der Waals surface area contributed by atoms with Gasteiger partial charge in [0.25, 0.3) is 5.91 Å². The fourth-order valence-electron chi connectivity index (χ4n) is 3.59. The van der Waals surface area contributed by atoms with Gasteiger partial charge in [-0.1, -0.05) is 24.3 Å². The number of hydrogen-bond donors (Lipinski definition) is 5. The number of nitrogens with zero attached hydrogens (tertiary/aromatic N) is 1. The van der Waals surface area contributed by atoms with Gasteiger partial charge in [-0.3, -0.25) is 24.8 Å². The number of amides is 1. The van der Waals surface area contributed by atoms with E-state index in [2.05, 4.69) is 10.3 Å². The number of rotatable bonds is 13. The first-order chi connectivity index (χ1) is 18.1. The lowest BCUT2D eigenvalue weighted by atomic mass is 10.0. The normalized spacial score (nSPS) is 11.3. The van der Waals surface area contributed by atoms with Crippen LogP contribution in [0, 0.1) is 5.41 Å². The van der Waals surface area contributed by atoms with E-state index < -0.39 is 36.1 Å². The SMILES string of the molecule is N=C(N)c1ccc(CC(=O)C(=O)O)c(OCC(CCC(=O)O)NC(=O)c2cccc(-c3ccncc3)c2)c1. The molecule has 0 saturated heterocycles. The fraction of sp³-hybridized carbons (Fsp3) is 0.185. The Hall–Kier alpha value is -5.06. The average Bonchev–Trinajstić information content (AvgIpc) is 2.91. The number of nitrogens with one attached hydrogen (secondary N) is 2. The maximum absolute atomic E-state index is 13.0. The highest BCUT2D eigenvalue weighted by Gasteiger charge is 2.20. The Morgan fingerprint density at radius 2 is 1.71 bits per heavy atom. The lowest BCUT2D eigenvalue weighted by molar-refractivity contribution is -0.148. The highest BCUT2D eigenvalue weighted by atomic mass is 16.5. The van der Waals surface area contributed by atoms with Crippen LogP contribution in [0.25, 0.3) is 11.1 Å². The zero-order chi connectivity index (χ0) is 27.7. The minimum Gasteiger partial charge on any atom is -0.491 e. The molecule has 196 valence electrons. The number of aromatic nitrogens is 1. The topological polar surface area (TPSA) is 193 Å². The lowest BCUT2D eigenvalue weighted by Gasteiger charge is -2.20. The number of Topliss-reactive ketones (excluding diaryl/α,β-unsaturated/α-hetero) is 1. The molecule has 0 radical (unpaired) electrons. The Labute approximate surface area is 217 Å². The van der Waals surface area contributed by atoms with Crippen LogP contribution in [0.2, 0.25) is 0 Å². The second kappa shape index (κ2) is 12.8. The third-order valence-corrected chi connectivity index (χ3v) is 5.59. The number of pyridine rings is 1. The molecule has 3 aromatic rings. The molecule has 11 nitrogen and oxygen atoms in total. The predicted octanol–water partition coefficient (Wildman–Crippen LogP) is 2.27. The minimum atomic E-state index is -1.60. The van der Waals surface area contributed by atoms with E-state index in [1.165, 1.54) is 18.2 Å². The largest absolute Gasteiger partial charge is 0.491 e. The van der Waals surface area contributed by atoms with Gasteiger partial charge in [0.05, 0.1) is 6.04 Å². The van der Waals surface area contributed by atoms with Crippen LogP contribution in [-0.4, -0.2) is 57.3 Å². The number of carbonyl (C=O) groups excluding carboxylic acids is 2. The molecular weight excluding hydrogens is 492 g/mol. The molecule has 2 aromatic carbocycles. The average molecular weight is 519 g/mol. The summed E-state index contributed by atoms with van der Waals surface area (Å²) in [5.74, 6) is -4.34. The summed E-state index contributed by atoms with van der Waals surface area (Å²) in [6.07, 6.45) is 2.61. The quantitative estimate of drug-likeness (QED) is 0.128. The van der Waals surface area contributed by atoms with Gasteiger partial charge in [-0.25, -0.2) is 4.79 Å². The standard InChI is InChI=1S/C27H26N4O7/c28-25(29)19-5-4-18(13-22(32)27(36)37)23(14-19)38-15-21(6-7-24(33)34)31-26(35)20-3-1-2-17(12-20)16-8-10-30-11-9-16/h1-5,8-12,14,21H,6-7,13,15H2,(H3,28,29)(H,31,35)(H,33,34)(H,36,37). The first-order valence-corrected chi connectivity index (χ1v) is 11.5. The second-order valence-electron chi connectivity index (χ2n) is 8.37. The number of carboxylic acid groups (broad SMARTS) is 2. The molecule has 0 spiro atoms. The van der Waals surface area contributed by atoms with Crippen molar-refractivity contribution in [3.63, 3.8) is 0 Å². The summed E-state index contributed by atoms with van der Waals surface area (Å²) >= 11 is 0. The fourth-order valence-corrected chi connectivity index (χ4v) is 3.59. The molecule has 1 heterocycles. The molecule has 1 amide bonds. The van der Waals surface area contributed by atoms with Crippen LogP contribution in [0.4, 0.5) is 0 Å². The molecule has 0 aliphatic heterocycles. The summed E-state index contributed by atoms with van der Waals surface area (Å²) in [5, 5.41) is 28.6. The Balaban J connectivity index is 1.80. The molecule has 38 heavy (non-hydrogen) atoms. The summed E-state index contributed by atoms with van der Waals surface area (Å²) in [6, 6.07) is 14.1. The van der Waals surface area contributed by atoms with Crippen LogP contribution in [0.1, 0.15) is 34.3 Å². The summed E-state index contributed by atoms with van der Waals surface area (Å²) in [5.41, 5.74) is 8.09. The number of nitrogen functional groups attached to an aromatic ring is 1. The monoisotopic (exact) mass is 518 g/mol. The van der Waals surface area contributed by atoms with E-state index in [0.29, 0.717) is 5.56 Å². The zero-order valence-corrected chi connectivity index (χ0v) is 20.2. The number of nitrogens with two attached hydrogens (primary N) is 1. The van der Waals surface area contributed by atoms with Gasteiger partial charge in [0, 0.05) is 41.9 Å². The molecule has 11 heteroatoms. The van der Waals surface area contributed by atoms with Crippen molar-refractivity contribution >= 4 is 29.5 Å². The molecule has 0 bridgehead atoms. The van der Waals surface area contributed by atoms with Crippen LogP contribution in [0.15, 0.2) is 67.0 Å². The Kier molecular flexibility index (Phi) is 9.25. The molecule has 0 aliphatic carbocycles. The van der Waals surface area contributed by atoms with Crippen LogP contribution >= 0.6 is 0 Å². The van der Waals surface area contributed by atoms with E-state index in [4.69, 9.17) is 26.1 Å². The maximum Gasteiger partial charge on any atom is 0.372 e. The lowest BCUT2D eigenvalue weighted by Crippen LogP contribution is -2.39. The molecule has 6 N–H and O–H groups in total. The van der Waals surface area contributed by atoms with E-state index in [9.17, 15) is 19.2 Å². The molecular formula is C27H26N4O7. The smallest absolute Gasteiger partial charge is 0.372 e. The molecule has 0 fully saturated rings. The van der Waals surface area contributed by atoms with Crippen molar-refractivity contribution in [3.8, 4) is 16.9 Å². The number of carboxylic acids is 2. The number of benzene rings is 2. The summed E-state index contributed by atoms with van der Waals surface area (Å²) in [4.78, 5) is 51.0. The number of amidine groups is 1. The van der Waals surface area contributed by atoms with E-state index in [0.717, 1.165) is 11.1 Å². The van der Waals surface area contributed by atoms with Crippen molar-refractivity contribution in [2.24, 2.45) is 5.73 Å². The Morgan fingerprint density at radius 3 is 2.37 bits per heavy atom. The van der Waals surface area contributed by atoms with Gasteiger partial charge >= 0.3 is 11.9 Å². The zero-order valence-electron chi connectivity index (χ0n) is 20.2. The van der Waals surface area contributed by atoms with Crippen LogP contribution in [0.5, 0.6) is 5.75 Å². The van der Waals surface area contributed by atoms with E-state index in [-0.39, 0.29) is 42.2 Å². The molecule has 1 aromatic heterocycles. The van der Waals surface area contributed by atoms with Gasteiger partial charge in [-0.15, -0.1) is 0 Å². The maximum atomic E-state index is 13.0. The van der Waals surface area contributed by atoms with Gasteiger partial charge in [-0.05, 0) is 47.9 Å². The number of hydrogen-bond acceptors (Lipinski definition) is 7. The molecule has 3 rings (SSSR count). The van der Waals surface area contributed by atoms with Crippen molar-refractivity contribution < 1.29 is 34.1 Å². The van der Waals surface area contributed by atoms with Gasteiger partial charge in [0.2, 0.25) is 5.78 Å². The second-order valence-corrected chi connectivity index (χ2v) is 8.37. The summed E-state index contributed by atoms with van der Waals surface area (Å²) in [7, 11) is 0. The van der Waals surface area contributed by atoms with Gasteiger partial charge < -0.3 is 26.0 Å². The molecule has 0 saturated carbocycles. The van der Waals surface area contributed by atoms with Crippen molar-refractivity contribution in [1.82, 2.24) is 10.3 Å². The summed E-state index contributed by atoms with van der Waals surface area (Å²) < 4.78 is 5.82. The Bertz CT molecular complexity index is 1360. The van der Waals surface area contributed by atoms with Crippen molar-refractivity contribution in [3.05, 3.63) is 83.7 Å². The first kappa shape index (κ1) is 27.5. The number of carbonyl (C=O) groups is 4. The van der Waals surface area contributed by atoms with E-state index >= 15 is 0 Å². The van der Waals surface area contributed by atoms with E-state index in [1.54, 1.807) is 30.6 Å². The third-order valence-electron chi connectivity index (χ3n) is 5.59. The van der Waals surface area contributed by atoms with E-state index in [1.807, 2.05) is 18.2 Å². The predicted molar refractivity (Wildman–Crippen MR) is 137 cm³/mol. The number of ether oxygens (including phenoxy) is 1. The van der Waals surface area contributed by atoms with Gasteiger partial charge in [-0.2, -0.15) is 0 Å². The molecule has 0 aliphatic rings.